The number of nitrogens with zero attached hydrogens (tertiary/aromatic N) is 2. The van der Waals surface area contributed by atoms with E-state index in [2.05, 4.69) is 17.3 Å². The third kappa shape index (κ3) is 3.80. The number of amides is 1. The summed E-state index contributed by atoms with van der Waals surface area (Å²) in [6.45, 7) is 6.44. The summed E-state index contributed by atoms with van der Waals surface area (Å²) in [5.74, 6) is 1.26. The second-order valence-electron chi connectivity index (χ2n) is 5.23. The molecule has 0 aromatic carbocycles. The molecule has 0 bridgehead atoms. The van der Waals surface area contributed by atoms with Crippen LogP contribution in [0.2, 0.25) is 0 Å². The summed E-state index contributed by atoms with van der Waals surface area (Å²) in [6.07, 6.45) is 5.48. The SMILES string of the molecule is CCCn1ncc(C)c1NC(=O)CC1CCCOC1. The molecule has 0 saturated carbocycles. The van der Waals surface area contributed by atoms with E-state index in [4.69, 9.17) is 4.74 Å². The van der Waals surface area contributed by atoms with Gasteiger partial charge in [0.15, 0.2) is 0 Å². The van der Waals surface area contributed by atoms with Crippen LogP contribution in [0.3, 0.4) is 0 Å². The lowest BCUT2D eigenvalue weighted by molar-refractivity contribution is -0.118. The number of ether oxygens (including phenoxy) is 1. The first-order chi connectivity index (χ1) is 9.20. The average Bonchev–Trinajstić information content (AvgIpc) is 2.73. The summed E-state index contributed by atoms with van der Waals surface area (Å²) in [6, 6.07) is 0. The molecule has 19 heavy (non-hydrogen) atoms. The minimum Gasteiger partial charge on any atom is -0.381 e. The Morgan fingerprint density at radius 2 is 2.47 bits per heavy atom. The molecule has 2 heterocycles. The van der Waals surface area contributed by atoms with Crippen LogP contribution in [-0.2, 0) is 16.1 Å². The second kappa shape index (κ2) is 6.70. The fraction of sp³-hybridized carbons (Fsp3) is 0.714. The molecule has 1 amide bonds. The highest BCUT2D eigenvalue weighted by Crippen LogP contribution is 2.19. The Morgan fingerprint density at radius 1 is 1.63 bits per heavy atom. The summed E-state index contributed by atoms with van der Waals surface area (Å²) in [7, 11) is 0. The summed E-state index contributed by atoms with van der Waals surface area (Å²) >= 11 is 0. The van der Waals surface area contributed by atoms with Crippen LogP contribution in [-0.4, -0.2) is 28.9 Å². The van der Waals surface area contributed by atoms with Crippen LogP contribution >= 0.6 is 0 Å². The minimum atomic E-state index is 0.0662. The Balaban J connectivity index is 1.92. The molecular weight excluding hydrogens is 242 g/mol. The van der Waals surface area contributed by atoms with Gasteiger partial charge in [0.05, 0.1) is 6.20 Å². The molecule has 1 aliphatic heterocycles. The van der Waals surface area contributed by atoms with Crippen molar-refractivity contribution in [3.05, 3.63) is 11.8 Å². The average molecular weight is 265 g/mol. The third-order valence-corrected chi connectivity index (χ3v) is 3.44. The number of anilines is 1. The Labute approximate surface area is 114 Å². The van der Waals surface area contributed by atoms with E-state index in [-0.39, 0.29) is 5.91 Å². The Hall–Kier alpha value is -1.36. The number of hydrogen-bond acceptors (Lipinski definition) is 3. The van der Waals surface area contributed by atoms with Crippen LogP contribution in [0.5, 0.6) is 0 Å². The molecule has 2 rings (SSSR count). The maximum atomic E-state index is 12.1. The van der Waals surface area contributed by atoms with Gasteiger partial charge in [0.25, 0.3) is 0 Å². The molecule has 0 spiro atoms. The van der Waals surface area contributed by atoms with Crippen molar-refractivity contribution in [2.75, 3.05) is 18.5 Å². The Bertz CT molecular complexity index is 422. The normalized spacial score (nSPS) is 19.4. The molecule has 1 aromatic rings. The Morgan fingerprint density at radius 3 is 3.16 bits per heavy atom. The summed E-state index contributed by atoms with van der Waals surface area (Å²) in [5.41, 5.74) is 1.02. The van der Waals surface area contributed by atoms with Crippen LogP contribution in [0.15, 0.2) is 6.20 Å². The summed E-state index contributed by atoms with van der Waals surface area (Å²) in [5, 5.41) is 7.28. The van der Waals surface area contributed by atoms with E-state index in [1.807, 2.05) is 11.6 Å². The van der Waals surface area contributed by atoms with Gasteiger partial charge in [-0.15, -0.1) is 0 Å². The summed E-state index contributed by atoms with van der Waals surface area (Å²) < 4.78 is 7.27. The predicted octanol–water partition coefficient (Wildman–Crippen LogP) is 2.36. The van der Waals surface area contributed by atoms with Crippen molar-refractivity contribution in [3.8, 4) is 0 Å². The zero-order chi connectivity index (χ0) is 13.7. The molecule has 1 N–H and O–H groups in total. The van der Waals surface area contributed by atoms with E-state index in [0.29, 0.717) is 18.9 Å². The molecule has 5 heteroatoms. The van der Waals surface area contributed by atoms with Crippen molar-refractivity contribution in [2.24, 2.45) is 5.92 Å². The van der Waals surface area contributed by atoms with Gasteiger partial charge in [0.1, 0.15) is 5.82 Å². The number of aromatic nitrogens is 2. The van der Waals surface area contributed by atoms with Gasteiger partial charge in [-0.05, 0) is 32.1 Å². The largest absolute Gasteiger partial charge is 0.381 e. The van der Waals surface area contributed by atoms with Crippen LogP contribution in [0, 0.1) is 12.8 Å². The fourth-order valence-corrected chi connectivity index (χ4v) is 2.44. The van der Waals surface area contributed by atoms with Gasteiger partial charge >= 0.3 is 0 Å². The molecule has 1 saturated heterocycles. The highest BCUT2D eigenvalue weighted by atomic mass is 16.5. The number of hydrogen-bond donors (Lipinski definition) is 1. The monoisotopic (exact) mass is 265 g/mol. The number of carbonyl (C=O) groups is 1. The van der Waals surface area contributed by atoms with E-state index in [1.165, 1.54) is 0 Å². The van der Waals surface area contributed by atoms with Crippen molar-refractivity contribution in [3.63, 3.8) is 0 Å². The van der Waals surface area contributed by atoms with Crippen molar-refractivity contribution >= 4 is 11.7 Å². The van der Waals surface area contributed by atoms with Crippen LogP contribution in [0.25, 0.3) is 0 Å². The van der Waals surface area contributed by atoms with Gasteiger partial charge in [0.2, 0.25) is 5.91 Å². The zero-order valence-electron chi connectivity index (χ0n) is 11.8. The first-order valence-corrected chi connectivity index (χ1v) is 7.10. The fourth-order valence-electron chi connectivity index (χ4n) is 2.44. The van der Waals surface area contributed by atoms with Crippen molar-refractivity contribution < 1.29 is 9.53 Å². The number of nitrogens with one attached hydrogen (secondary N) is 1. The third-order valence-electron chi connectivity index (χ3n) is 3.44. The first kappa shape index (κ1) is 14.1. The van der Waals surface area contributed by atoms with Gasteiger partial charge in [-0.1, -0.05) is 6.92 Å². The lowest BCUT2D eigenvalue weighted by atomic mass is 9.98. The van der Waals surface area contributed by atoms with Crippen molar-refractivity contribution in [1.82, 2.24) is 9.78 Å². The molecule has 1 unspecified atom stereocenters. The maximum Gasteiger partial charge on any atom is 0.225 e. The Kier molecular flexibility index (Phi) is 4.96. The van der Waals surface area contributed by atoms with Crippen LogP contribution in [0.4, 0.5) is 5.82 Å². The predicted molar refractivity (Wildman–Crippen MR) is 74.0 cm³/mol. The number of aryl methyl sites for hydroxylation is 2. The van der Waals surface area contributed by atoms with E-state index >= 15 is 0 Å². The zero-order valence-corrected chi connectivity index (χ0v) is 11.8. The summed E-state index contributed by atoms with van der Waals surface area (Å²) in [4.78, 5) is 12.1. The molecule has 0 radical (unpaired) electrons. The lowest BCUT2D eigenvalue weighted by Crippen LogP contribution is -2.24. The topological polar surface area (TPSA) is 56.2 Å². The molecule has 0 aliphatic carbocycles. The molecule has 1 fully saturated rings. The van der Waals surface area contributed by atoms with E-state index in [9.17, 15) is 4.79 Å². The van der Waals surface area contributed by atoms with Crippen molar-refractivity contribution in [1.29, 1.82) is 0 Å². The van der Waals surface area contributed by atoms with Crippen LogP contribution in [0.1, 0.15) is 38.2 Å². The van der Waals surface area contributed by atoms with Gasteiger partial charge in [-0.3, -0.25) is 4.79 Å². The minimum absolute atomic E-state index is 0.0662. The maximum absolute atomic E-state index is 12.1. The lowest BCUT2D eigenvalue weighted by Gasteiger charge is -2.21. The van der Waals surface area contributed by atoms with E-state index < -0.39 is 0 Å². The smallest absolute Gasteiger partial charge is 0.225 e. The van der Waals surface area contributed by atoms with Gasteiger partial charge < -0.3 is 10.1 Å². The van der Waals surface area contributed by atoms with Gasteiger partial charge in [-0.25, -0.2) is 4.68 Å². The van der Waals surface area contributed by atoms with Gasteiger partial charge in [0, 0.05) is 31.7 Å². The highest BCUT2D eigenvalue weighted by Gasteiger charge is 2.19. The second-order valence-corrected chi connectivity index (χ2v) is 5.23. The van der Waals surface area contributed by atoms with Crippen LogP contribution < -0.4 is 5.32 Å². The van der Waals surface area contributed by atoms with E-state index in [0.717, 1.165) is 43.8 Å². The molecule has 5 nitrogen and oxygen atoms in total. The van der Waals surface area contributed by atoms with Gasteiger partial charge in [-0.2, -0.15) is 5.10 Å². The number of carbonyl (C=O) groups excluding carboxylic acids is 1. The molecular formula is C14H23N3O2. The highest BCUT2D eigenvalue weighted by molar-refractivity contribution is 5.90. The van der Waals surface area contributed by atoms with E-state index in [1.54, 1.807) is 6.20 Å². The molecule has 1 atom stereocenters. The van der Waals surface area contributed by atoms with Crippen molar-refractivity contribution in [2.45, 2.75) is 46.1 Å². The molecule has 1 aliphatic rings. The number of rotatable bonds is 5. The molecule has 1 aromatic heterocycles. The quantitative estimate of drug-likeness (QED) is 0.889. The first-order valence-electron chi connectivity index (χ1n) is 7.10. The standard InChI is InChI=1S/C14H23N3O2/c1-3-6-17-14(11(2)9-15-17)16-13(18)8-12-5-4-7-19-10-12/h9,12H,3-8,10H2,1-2H3,(H,16,18). The molecule has 106 valence electrons.